The van der Waals surface area contributed by atoms with Gasteiger partial charge in [-0.25, -0.2) is 0 Å². The molecule has 3 N–H and O–H groups in total. The van der Waals surface area contributed by atoms with Crippen LogP contribution in [0.1, 0.15) is 58.3 Å². The molecule has 1 fully saturated rings. The molecule has 0 heterocycles. The molecule has 0 aromatic rings. The van der Waals surface area contributed by atoms with E-state index in [1.54, 1.807) is 0 Å². The van der Waals surface area contributed by atoms with Crippen molar-refractivity contribution in [2.24, 2.45) is 5.73 Å². The fourth-order valence-electron chi connectivity index (χ4n) is 3.03. The van der Waals surface area contributed by atoms with Crippen LogP contribution in [0.4, 0.5) is 0 Å². The highest BCUT2D eigenvalue weighted by Crippen LogP contribution is 2.23. The summed E-state index contributed by atoms with van der Waals surface area (Å²) in [7, 11) is 2.15. The molecule has 0 amide bonds. The lowest BCUT2D eigenvalue weighted by Gasteiger charge is -2.37. The van der Waals surface area contributed by atoms with Crippen LogP contribution in [0, 0.1) is 0 Å². The fraction of sp³-hybridized carbons (Fsp3) is 1.00. The first-order valence-corrected chi connectivity index (χ1v) is 7.29. The topological polar surface area (TPSA) is 49.5 Å². The number of rotatable bonds is 6. The van der Waals surface area contributed by atoms with Crippen LogP contribution >= 0.6 is 0 Å². The zero-order valence-electron chi connectivity index (χ0n) is 11.6. The maximum Gasteiger partial charge on any atom is 0.0601 e. The molecule has 2 unspecified atom stereocenters. The Labute approximate surface area is 106 Å². The van der Waals surface area contributed by atoms with Gasteiger partial charge in [0, 0.05) is 18.1 Å². The molecule has 0 radical (unpaired) electrons. The van der Waals surface area contributed by atoms with Crippen molar-refractivity contribution < 1.29 is 5.11 Å². The van der Waals surface area contributed by atoms with E-state index < -0.39 is 0 Å². The van der Waals surface area contributed by atoms with Gasteiger partial charge in [0.25, 0.3) is 0 Å². The minimum absolute atomic E-state index is 0.109. The standard InChI is InChI=1S/C14H30N2O/c1-3-8-13(15)14(11-17)16(2)12-9-6-4-5-7-10-12/h12-14,17H,3-11,15H2,1-2H3. The van der Waals surface area contributed by atoms with Crippen LogP contribution in [-0.4, -0.2) is 41.8 Å². The first-order chi connectivity index (χ1) is 8.20. The van der Waals surface area contributed by atoms with Crippen LogP contribution in [0.3, 0.4) is 0 Å². The molecular formula is C14H30N2O. The number of nitrogens with two attached hydrogens (primary N) is 1. The highest BCUT2D eigenvalue weighted by Gasteiger charge is 2.27. The predicted molar refractivity (Wildman–Crippen MR) is 73.0 cm³/mol. The monoisotopic (exact) mass is 242 g/mol. The van der Waals surface area contributed by atoms with Crippen molar-refractivity contribution in [3.63, 3.8) is 0 Å². The Morgan fingerprint density at radius 3 is 2.29 bits per heavy atom. The fourth-order valence-corrected chi connectivity index (χ4v) is 3.03. The van der Waals surface area contributed by atoms with Gasteiger partial charge in [0.05, 0.1) is 6.61 Å². The summed E-state index contributed by atoms with van der Waals surface area (Å²) >= 11 is 0. The lowest BCUT2D eigenvalue weighted by molar-refractivity contribution is 0.0816. The van der Waals surface area contributed by atoms with Crippen LogP contribution in [0.5, 0.6) is 0 Å². The molecule has 0 aliphatic heterocycles. The molecule has 1 saturated carbocycles. The SMILES string of the molecule is CCCC(N)C(CO)N(C)C1CCCCCC1. The Morgan fingerprint density at radius 1 is 1.24 bits per heavy atom. The predicted octanol–water partition coefficient (Wildman–Crippen LogP) is 2.13. The van der Waals surface area contributed by atoms with E-state index in [0.29, 0.717) is 6.04 Å². The summed E-state index contributed by atoms with van der Waals surface area (Å²) in [6.07, 6.45) is 10.0. The molecular weight excluding hydrogens is 212 g/mol. The minimum atomic E-state index is 0.109. The molecule has 3 nitrogen and oxygen atoms in total. The second kappa shape index (κ2) is 8.06. The highest BCUT2D eigenvalue weighted by molar-refractivity contribution is 4.84. The van der Waals surface area contributed by atoms with Crippen molar-refractivity contribution in [3.8, 4) is 0 Å². The Balaban J connectivity index is 2.53. The second-order valence-electron chi connectivity index (χ2n) is 5.51. The largest absolute Gasteiger partial charge is 0.395 e. The molecule has 0 saturated heterocycles. The van der Waals surface area contributed by atoms with Gasteiger partial charge in [-0.15, -0.1) is 0 Å². The molecule has 1 rings (SSSR count). The van der Waals surface area contributed by atoms with E-state index in [-0.39, 0.29) is 18.7 Å². The number of hydrogen-bond acceptors (Lipinski definition) is 3. The summed E-state index contributed by atoms with van der Waals surface area (Å²) in [6, 6.07) is 0.869. The molecule has 0 spiro atoms. The van der Waals surface area contributed by atoms with Gasteiger partial charge in [-0.05, 0) is 26.3 Å². The molecule has 2 atom stereocenters. The van der Waals surface area contributed by atoms with Gasteiger partial charge >= 0.3 is 0 Å². The summed E-state index contributed by atoms with van der Waals surface area (Å²) in [6.45, 7) is 2.34. The van der Waals surface area contributed by atoms with Crippen LogP contribution in [0.2, 0.25) is 0 Å². The van der Waals surface area contributed by atoms with Crippen LogP contribution in [-0.2, 0) is 0 Å². The van der Waals surface area contributed by atoms with E-state index >= 15 is 0 Å². The lowest BCUT2D eigenvalue weighted by atomic mass is 9.99. The molecule has 17 heavy (non-hydrogen) atoms. The summed E-state index contributed by atoms with van der Waals surface area (Å²) < 4.78 is 0. The zero-order chi connectivity index (χ0) is 12.7. The Kier molecular flexibility index (Phi) is 7.09. The van der Waals surface area contributed by atoms with Gasteiger partial charge < -0.3 is 10.8 Å². The van der Waals surface area contributed by atoms with Crippen LogP contribution in [0.15, 0.2) is 0 Å². The lowest BCUT2D eigenvalue weighted by Crippen LogP contribution is -2.52. The Hall–Kier alpha value is -0.120. The average molecular weight is 242 g/mol. The summed E-state index contributed by atoms with van der Waals surface area (Å²) in [4.78, 5) is 2.35. The van der Waals surface area contributed by atoms with Crippen LogP contribution in [0.25, 0.3) is 0 Å². The molecule has 1 aliphatic carbocycles. The normalized spacial score (nSPS) is 22.4. The van der Waals surface area contributed by atoms with E-state index in [2.05, 4.69) is 18.9 Å². The van der Waals surface area contributed by atoms with Crippen molar-refractivity contribution in [1.82, 2.24) is 4.90 Å². The second-order valence-corrected chi connectivity index (χ2v) is 5.51. The van der Waals surface area contributed by atoms with Crippen molar-refractivity contribution in [3.05, 3.63) is 0 Å². The quantitative estimate of drug-likeness (QED) is 0.702. The third-order valence-corrected chi connectivity index (χ3v) is 4.23. The van der Waals surface area contributed by atoms with Gasteiger partial charge in [0.2, 0.25) is 0 Å². The first kappa shape index (κ1) is 14.9. The molecule has 102 valence electrons. The third kappa shape index (κ3) is 4.57. The van der Waals surface area contributed by atoms with Gasteiger partial charge in [-0.2, -0.15) is 0 Å². The van der Waals surface area contributed by atoms with E-state index in [4.69, 9.17) is 5.73 Å². The van der Waals surface area contributed by atoms with E-state index in [1.165, 1.54) is 38.5 Å². The zero-order valence-corrected chi connectivity index (χ0v) is 11.6. The summed E-state index contributed by atoms with van der Waals surface area (Å²) in [5.41, 5.74) is 6.18. The van der Waals surface area contributed by atoms with Gasteiger partial charge in [0.1, 0.15) is 0 Å². The van der Waals surface area contributed by atoms with Gasteiger partial charge in [-0.3, -0.25) is 4.90 Å². The summed E-state index contributed by atoms with van der Waals surface area (Å²) in [5.74, 6) is 0. The molecule has 0 aromatic heterocycles. The Bertz CT molecular complexity index is 191. The number of aliphatic hydroxyl groups excluding tert-OH is 1. The third-order valence-electron chi connectivity index (χ3n) is 4.23. The first-order valence-electron chi connectivity index (χ1n) is 7.29. The van der Waals surface area contributed by atoms with Gasteiger partial charge in [0.15, 0.2) is 0 Å². The minimum Gasteiger partial charge on any atom is -0.395 e. The number of aliphatic hydroxyl groups is 1. The molecule has 0 bridgehead atoms. The van der Waals surface area contributed by atoms with Crippen molar-refractivity contribution in [2.45, 2.75) is 76.4 Å². The van der Waals surface area contributed by atoms with Gasteiger partial charge in [-0.1, -0.05) is 39.0 Å². The summed E-state index contributed by atoms with van der Waals surface area (Å²) in [5, 5.41) is 9.57. The van der Waals surface area contributed by atoms with E-state index in [1.807, 2.05) is 0 Å². The van der Waals surface area contributed by atoms with E-state index in [0.717, 1.165) is 12.8 Å². The number of likely N-dealkylation sites (N-methyl/N-ethyl adjacent to an activating group) is 1. The maximum absolute atomic E-state index is 9.57. The smallest absolute Gasteiger partial charge is 0.0601 e. The molecule has 3 heteroatoms. The van der Waals surface area contributed by atoms with E-state index in [9.17, 15) is 5.11 Å². The van der Waals surface area contributed by atoms with Crippen LogP contribution < -0.4 is 5.73 Å². The van der Waals surface area contributed by atoms with Crippen molar-refractivity contribution in [2.75, 3.05) is 13.7 Å². The van der Waals surface area contributed by atoms with Crippen molar-refractivity contribution >= 4 is 0 Å². The average Bonchev–Trinajstić information content (AvgIpc) is 2.58. The molecule has 0 aromatic carbocycles. The number of nitrogens with zero attached hydrogens (tertiary/aromatic N) is 1. The maximum atomic E-state index is 9.57. The highest BCUT2D eigenvalue weighted by atomic mass is 16.3. The number of hydrogen-bond donors (Lipinski definition) is 2. The Morgan fingerprint density at radius 2 is 1.82 bits per heavy atom. The van der Waals surface area contributed by atoms with Crippen molar-refractivity contribution in [1.29, 1.82) is 0 Å². The molecule has 1 aliphatic rings.